The number of allylic oxidation sites excluding steroid dienone is 4. The first-order valence-electron chi connectivity index (χ1n) is 15.0. The van der Waals surface area contributed by atoms with Crippen molar-refractivity contribution >= 4 is 9.28 Å². The molecule has 2 aliphatic rings. The van der Waals surface area contributed by atoms with Gasteiger partial charge in [0.1, 0.15) is 0 Å². The quantitative estimate of drug-likeness (QED) is 0.306. The Morgan fingerprint density at radius 2 is 1.35 bits per heavy atom. The predicted octanol–water partition coefficient (Wildman–Crippen LogP) is 4.23. The molecule has 0 bridgehead atoms. The van der Waals surface area contributed by atoms with E-state index in [0.29, 0.717) is 9.54 Å². The molecule has 222 valence electrons. The molecule has 0 amide bonds. The number of benzene rings is 3. The summed E-state index contributed by atoms with van der Waals surface area (Å²) in [6.07, 6.45) is 9.54. The van der Waals surface area contributed by atoms with E-state index >= 15 is 0 Å². The molecule has 4 aromatic rings. The van der Waals surface area contributed by atoms with Crippen molar-refractivity contribution in [2.24, 2.45) is 5.92 Å². The van der Waals surface area contributed by atoms with Crippen molar-refractivity contribution in [1.29, 1.82) is 0 Å². The smallest absolute Gasteiger partial charge is 1.00 e. The summed E-state index contributed by atoms with van der Waals surface area (Å²) in [5.41, 5.74) is 13.1. The van der Waals surface area contributed by atoms with Gasteiger partial charge in [-0.1, -0.05) is 0 Å². The maximum absolute atomic E-state index is 5.59. The van der Waals surface area contributed by atoms with Crippen molar-refractivity contribution in [3.63, 3.8) is 0 Å². The molecule has 1 heterocycles. The van der Waals surface area contributed by atoms with Gasteiger partial charge in [0, 0.05) is 0 Å². The van der Waals surface area contributed by atoms with E-state index in [1.54, 1.807) is 3.28 Å². The number of furan rings is 1. The van der Waals surface area contributed by atoms with E-state index in [9.17, 15) is 0 Å². The van der Waals surface area contributed by atoms with Gasteiger partial charge in [0.15, 0.2) is 0 Å². The molecule has 4 heteroatoms. The van der Waals surface area contributed by atoms with E-state index in [1.165, 1.54) is 50.1 Å². The molecule has 1 aromatic heterocycles. The molecule has 0 spiro atoms. The van der Waals surface area contributed by atoms with Crippen LogP contribution in [0.15, 0.2) is 105 Å². The Morgan fingerprint density at radius 1 is 0.767 bits per heavy atom. The molecular weight excluding hydrogens is 647 g/mol. The number of hydrogen-bond acceptors (Lipinski definition) is 1. The molecule has 0 radical (unpaired) electrons. The molecule has 0 saturated heterocycles. The first-order chi connectivity index (χ1) is 19.5. The number of rotatable bonds is 5. The van der Waals surface area contributed by atoms with E-state index in [4.69, 9.17) is 4.42 Å². The van der Waals surface area contributed by atoms with Crippen LogP contribution in [0.5, 0.6) is 0 Å². The summed E-state index contributed by atoms with van der Waals surface area (Å²) in [7, 11) is 0. The van der Waals surface area contributed by atoms with Crippen molar-refractivity contribution in [3.8, 4) is 11.1 Å². The Morgan fingerprint density at radius 3 is 1.86 bits per heavy atom. The van der Waals surface area contributed by atoms with Gasteiger partial charge >= 0.3 is 255 Å². The fourth-order valence-electron chi connectivity index (χ4n) is 6.50. The van der Waals surface area contributed by atoms with Crippen LogP contribution in [-0.4, -0.2) is 3.71 Å². The van der Waals surface area contributed by atoms with Crippen LogP contribution in [0, 0.1) is 5.92 Å². The third kappa shape index (κ3) is 6.59. The standard InChI is InChI=1S/C21H25.C10H9O.C8H8.2ClH.Zr/c1-20(2,3)16-9-7-14-11-15-8-10-17(21(4,5)6)13-19(15)18(14)12-16;1-8-2-3-9(6-8)10-4-5-11-7-10;1-2-8-6-4-3-5-7-8;;;/h7-13H,1-6H3;2-5,7-8H,1H3;1,3-7H,2H2;2*1H;/q;;;;;+2/p-2. The second-order valence-corrected chi connectivity index (χ2v) is 19.9. The van der Waals surface area contributed by atoms with E-state index in [1.807, 2.05) is 12.5 Å². The normalized spacial score (nSPS) is 16.1. The summed E-state index contributed by atoms with van der Waals surface area (Å²) in [4.78, 5) is 0. The molecule has 0 aliphatic heterocycles. The van der Waals surface area contributed by atoms with E-state index in [2.05, 4.69) is 137 Å². The molecule has 6 rings (SSSR count). The van der Waals surface area contributed by atoms with Crippen LogP contribution in [0.1, 0.15) is 85.5 Å². The third-order valence-corrected chi connectivity index (χ3v) is 16.9. The second kappa shape index (κ2) is 13.0. The number of halogens is 2. The molecule has 3 aromatic carbocycles. The summed E-state index contributed by atoms with van der Waals surface area (Å²) in [5.74, 6) is 0.441. The van der Waals surface area contributed by atoms with E-state index in [0.717, 1.165) is 6.42 Å². The van der Waals surface area contributed by atoms with Gasteiger partial charge in [-0.2, -0.15) is 0 Å². The van der Waals surface area contributed by atoms with E-state index in [-0.39, 0.29) is 35.6 Å². The van der Waals surface area contributed by atoms with Gasteiger partial charge in [-0.25, -0.2) is 0 Å². The molecule has 0 N–H and O–H groups in total. The zero-order chi connectivity index (χ0) is 28.9. The fraction of sp³-hybridized carbons (Fsp3) is 0.308. The van der Waals surface area contributed by atoms with Gasteiger partial charge in [-0.15, -0.1) is 0 Å². The Labute approximate surface area is 278 Å². The molecule has 1 nitrogen and oxygen atoms in total. The monoisotopic (exact) mass is 686 g/mol. The van der Waals surface area contributed by atoms with Gasteiger partial charge in [-0.3, -0.25) is 0 Å². The van der Waals surface area contributed by atoms with Crippen molar-refractivity contribution < 1.29 is 50.5 Å². The van der Waals surface area contributed by atoms with Crippen molar-refractivity contribution in [3.05, 3.63) is 134 Å². The molecule has 1 atom stereocenters. The van der Waals surface area contributed by atoms with Gasteiger partial charge < -0.3 is 24.8 Å². The molecule has 0 fully saturated rings. The zero-order valence-electron chi connectivity index (χ0n) is 26.3. The average Bonchev–Trinajstić information content (AvgIpc) is 3.67. The van der Waals surface area contributed by atoms with Gasteiger partial charge in [0.05, 0.1) is 0 Å². The minimum Gasteiger partial charge on any atom is -1.00 e. The summed E-state index contributed by atoms with van der Waals surface area (Å²) in [6.45, 7) is 16.4. The fourth-order valence-corrected chi connectivity index (χ4v) is 15.2. The largest absolute Gasteiger partial charge is 1.00 e. The first kappa shape index (κ1) is 33.6. The third-order valence-electron chi connectivity index (χ3n) is 8.90. The molecule has 2 aliphatic carbocycles. The SMILES string of the molecule is CC1C=CC(c2ccoc2)=[C]1/[Zr+2](=[CH]/Cc1ccccc1)[CH]1c2ccc(C(C)(C)C)cc2-c2cc(C(C)(C)C)ccc21.[Cl-].[Cl-]. The van der Waals surface area contributed by atoms with Crippen LogP contribution in [0.3, 0.4) is 0 Å². The predicted molar refractivity (Wildman–Crippen MR) is 171 cm³/mol. The Balaban J connectivity index is 0.00000212. The first-order valence-corrected chi connectivity index (χ1v) is 19.1. The minimum absolute atomic E-state index is 0. The van der Waals surface area contributed by atoms with Gasteiger partial charge in [0.25, 0.3) is 0 Å². The van der Waals surface area contributed by atoms with Crippen molar-refractivity contribution in [1.82, 2.24) is 0 Å². The summed E-state index contributed by atoms with van der Waals surface area (Å²) < 4.78 is 10.5. The molecule has 0 saturated carbocycles. The molecular formula is C39H42Cl2OZr. The Bertz CT molecular complexity index is 1620. The second-order valence-electron chi connectivity index (χ2n) is 13.9. The van der Waals surface area contributed by atoms with Crippen LogP contribution in [0.25, 0.3) is 16.7 Å². The number of hydrogen-bond donors (Lipinski definition) is 0. The van der Waals surface area contributed by atoms with Crippen LogP contribution in [0.4, 0.5) is 0 Å². The summed E-state index contributed by atoms with van der Waals surface area (Å²) in [6, 6.07) is 28.0. The van der Waals surface area contributed by atoms with E-state index < -0.39 is 21.3 Å². The maximum Gasteiger partial charge on any atom is -1.00 e. The van der Waals surface area contributed by atoms with Crippen molar-refractivity contribution in [2.45, 2.75) is 69.3 Å². The van der Waals surface area contributed by atoms with Crippen LogP contribution in [0.2, 0.25) is 0 Å². The van der Waals surface area contributed by atoms with Crippen LogP contribution >= 0.6 is 0 Å². The zero-order valence-corrected chi connectivity index (χ0v) is 30.3. The Kier molecular flexibility index (Phi) is 10.2. The van der Waals surface area contributed by atoms with Crippen LogP contribution in [-0.2, 0) is 38.5 Å². The maximum atomic E-state index is 5.59. The van der Waals surface area contributed by atoms with Gasteiger partial charge in [-0.05, 0) is 0 Å². The van der Waals surface area contributed by atoms with Gasteiger partial charge in [0.2, 0.25) is 0 Å². The minimum atomic E-state index is -2.52. The summed E-state index contributed by atoms with van der Waals surface area (Å²) >= 11 is -2.52. The van der Waals surface area contributed by atoms with Crippen LogP contribution < -0.4 is 24.8 Å². The topological polar surface area (TPSA) is 13.1 Å². The Hall–Kier alpha value is -2.25. The molecule has 43 heavy (non-hydrogen) atoms. The van der Waals surface area contributed by atoms with Crippen molar-refractivity contribution in [2.75, 3.05) is 0 Å². The number of fused-ring (bicyclic) bond motifs is 3. The molecule has 1 unspecified atom stereocenters. The average molecular weight is 689 g/mol. The summed E-state index contributed by atoms with van der Waals surface area (Å²) in [5, 5.41) is 0.